The van der Waals surface area contributed by atoms with E-state index >= 15 is 0 Å². The van der Waals surface area contributed by atoms with Crippen LogP contribution in [-0.2, 0) is 66.6 Å². The van der Waals surface area contributed by atoms with Crippen molar-refractivity contribution in [1.82, 2.24) is 0 Å². The highest BCUT2D eigenvalue weighted by molar-refractivity contribution is 5.83. The molecule has 8 fully saturated rings. The van der Waals surface area contributed by atoms with Crippen LogP contribution in [0.15, 0.2) is 23.0 Å². The summed E-state index contributed by atoms with van der Waals surface area (Å²) in [7, 11) is 1.21. The van der Waals surface area contributed by atoms with Crippen molar-refractivity contribution in [3.63, 3.8) is 0 Å². The van der Waals surface area contributed by atoms with Gasteiger partial charge < -0.3 is 57.3 Å². The first-order valence-corrected chi connectivity index (χ1v) is 21.0. The summed E-state index contributed by atoms with van der Waals surface area (Å²) >= 11 is 0. The van der Waals surface area contributed by atoms with Gasteiger partial charge in [-0.3, -0.25) is 19.2 Å². The third kappa shape index (κ3) is 4.28. The lowest BCUT2D eigenvalue weighted by Crippen LogP contribution is -2.99. The molecule has 60 heavy (non-hydrogen) atoms. The smallest absolute Gasteiger partial charge is 0.341 e. The highest BCUT2D eigenvalue weighted by Gasteiger charge is 3.07. The zero-order valence-electron chi connectivity index (χ0n) is 35.9. The number of carbonyl (C=O) groups excluding carboxylic acids is 5. The summed E-state index contributed by atoms with van der Waals surface area (Å²) in [5, 5.41) is 28.1. The summed E-state index contributed by atoms with van der Waals surface area (Å²) in [5.74, 6) is -8.52. The second-order valence-electron chi connectivity index (χ2n) is 20.0. The highest BCUT2D eigenvalue weighted by atomic mass is 17.0. The summed E-state index contributed by atoms with van der Waals surface area (Å²) in [6.45, 7) is 16.5. The largest absolute Gasteiger partial charge is 0.472 e. The zero-order chi connectivity index (χ0) is 43.8. The lowest BCUT2D eigenvalue weighted by molar-refractivity contribution is -0.479. The van der Waals surface area contributed by atoms with Gasteiger partial charge in [0.15, 0.2) is 28.5 Å². The number of methoxy groups -OCH3 is 1. The molecule has 17 atom stereocenters. The molecule has 4 saturated heterocycles. The SMILES string of the molecule is CCC(C)C(=O)OC1C[C@@]2(C)[C@H](c3ccoc3)OC(=O)CC23OC2(C)OC34C(OC(=O)C(C)C)[C@@]3(O)[C@@H](OC(=O)C5(C)OC5C)[C@@]5(C)C[C@]3(O)[C@@](C)([C@H]5CC(=O)OC)C14O2. The third-order valence-electron chi connectivity index (χ3n) is 16.8. The van der Waals surface area contributed by atoms with E-state index in [-0.39, 0.29) is 12.8 Å². The molecule has 0 aromatic carbocycles. The van der Waals surface area contributed by atoms with Crippen molar-refractivity contribution in [2.24, 2.45) is 34.0 Å². The molecule has 9 rings (SSSR count). The van der Waals surface area contributed by atoms with Gasteiger partial charge in [-0.1, -0.05) is 48.5 Å². The van der Waals surface area contributed by atoms with Crippen LogP contribution in [0.25, 0.3) is 0 Å². The Morgan fingerprint density at radius 3 is 2.18 bits per heavy atom. The standard InChI is InChI=1S/C43H56O17/c1-12-21(4)30(47)53-25-16-35(7)28(23-13-14-52-18-23)54-27(45)17-40(35)43-32(55-29(46)20(2)3)41(50)31(56-33(48)36(8)22(5)57-36)34(6)19-39(41,49)37(9,24(34)15-26(44)51-11)42(25,43)59-38(10,58-40)60-43/h13-14,18,20-22,24-25,28,31-32,49-50H,12,15-17,19H2,1-11H3/t21?,22?,24-,25?,28-,31-,32?,34-,35-,36?,37+,38?,39-,40?,41-,42?,43?/m0/s1. The number of aliphatic hydroxyl groups is 2. The molecule has 0 amide bonds. The van der Waals surface area contributed by atoms with Crippen LogP contribution in [0.5, 0.6) is 0 Å². The molecule has 4 saturated carbocycles. The summed E-state index contributed by atoms with van der Waals surface area (Å²) in [4.78, 5) is 71.1. The predicted molar refractivity (Wildman–Crippen MR) is 198 cm³/mol. The summed E-state index contributed by atoms with van der Waals surface area (Å²) in [6, 6.07) is 1.62. The first-order chi connectivity index (χ1) is 27.8. The fourth-order valence-corrected chi connectivity index (χ4v) is 13.7. The number of ether oxygens (including phenoxy) is 9. The predicted octanol–water partition coefficient (Wildman–Crippen LogP) is 3.34. The molecule has 4 aliphatic carbocycles. The second-order valence-corrected chi connectivity index (χ2v) is 20.0. The van der Waals surface area contributed by atoms with Crippen LogP contribution in [0.2, 0.25) is 0 Å². The summed E-state index contributed by atoms with van der Waals surface area (Å²) < 4.78 is 63.7. The first kappa shape index (κ1) is 41.7. The van der Waals surface area contributed by atoms with E-state index in [9.17, 15) is 34.2 Å². The molecule has 1 aromatic rings. The van der Waals surface area contributed by atoms with Crippen molar-refractivity contribution in [3.05, 3.63) is 24.2 Å². The van der Waals surface area contributed by atoms with Crippen LogP contribution in [0.1, 0.15) is 113 Å². The van der Waals surface area contributed by atoms with E-state index in [0.29, 0.717) is 12.0 Å². The fourth-order valence-electron chi connectivity index (χ4n) is 13.7. The minimum Gasteiger partial charge on any atom is -0.472 e. The molecule has 2 N–H and O–H groups in total. The fraction of sp³-hybridized carbons (Fsp3) is 0.791. The van der Waals surface area contributed by atoms with Crippen LogP contribution in [-0.4, -0.2) is 111 Å². The average Bonchev–Trinajstić information content (AvgIpc) is 3.63. The number of furan rings is 1. The Hall–Kier alpha value is -3.61. The average molecular weight is 845 g/mol. The van der Waals surface area contributed by atoms with Gasteiger partial charge in [-0.2, -0.15) is 0 Å². The number of carbonyl (C=O) groups is 5. The summed E-state index contributed by atoms with van der Waals surface area (Å²) in [5.41, 5.74) is -17.8. The number of fused-ring (bicyclic) bond motifs is 2. The first-order valence-electron chi connectivity index (χ1n) is 21.0. The number of epoxide rings is 1. The molecule has 17 heteroatoms. The number of hydrogen-bond donors (Lipinski definition) is 2. The van der Waals surface area contributed by atoms with Gasteiger partial charge in [-0.15, -0.1) is 0 Å². The van der Waals surface area contributed by atoms with Crippen molar-refractivity contribution < 1.29 is 81.2 Å². The Labute approximate surface area is 347 Å². The van der Waals surface area contributed by atoms with Gasteiger partial charge in [0.2, 0.25) is 0 Å². The topological polar surface area (TPSA) is 225 Å². The van der Waals surface area contributed by atoms with Gasteiger partial charge in [0, 0.05) is 35.2 Å². The van der Waals surface area contributed by atoms with Crippen LogP contribution >= 0.6 is 0 Å². The molecule has 2 spiro atoms. The van der Waals surface area contributed by atoms with E-state index in [1.165, 1.54) is 33.5 Å². The maximum absolute atomic E-state index is 14.4. The molecule has 330 valence electrons. The highest BCUT2D eigenvalue weighted by Crippen LogP contribution is 2.89. The van der Waals surface area contributed by atoms with Crippen molar-refractivity contribution in [2.75, 3.05) is 7.11 Å². The zero-order valence-corrected chi connectivity index (χ0v) is 35.9. The Morgan fingerprint density at radius 2 is 1.60 bits per heavy atom. The summed E-state index contributed by atoms with van der Waals surface area (Å²) in [6.07, 6.45) is -5.20. The van der Waals surface area contributed by atoms with Gasteiger partial charge in [0.1, 0.15) is 29.5 Å². The Morgan fingerprint density at radius 1 is 0.933 bits per heavy atom. The normalized spacial score (nSPS) is 51.6. The number of esters is 5. The molecular formula is C43H56O17. The van der Waals surface area contributed by atoms with Gasteiger partial charge in [0.25, 0.3) is 5.97 Å². The van der Waals surface area contributed by atoms with E-state index in [2.05, 4.69) is 0 Å². The van der Waals surface area contributed by atoms with Crippen molar-refractivity contribution >= 4 is 29.8 Å². The van der Waals surface area contributed by atoms with Crippen molar-refractivity contribution in [3.8, 4) is 0 Å². The van der Waals surface area contributed by atoms with Crippen LogP contribution in [0, 0.1) is 34.0 Å². The molecule has 17 nitrogen and oxygen atoms in total. The van der Waals surface area contributed by atoms with E-state index < -0.39 is 147 Å². The van der Waals surface area contributed by atoms with E-state index in [1.54, 1.807) is 54.5 Å². The molecule has 4 aliphatic heterocycles. The maximum Gasteiger partial charge on any atom is 0.341 e. The van der Waals surface area contributed by atoms with Gasteiger partial charge in [-0.05, 0) is 45.1 Å². The van der Waals surface area contributed by atoms with Crippen LogP contribution < -0.4 is 0 Å². The van der Waals surface area contributed by atoms with Gasteiger partial charge >= 0.3 is 29.8 Å². The minimum absolute atomic E-state index is 0.151. The molecule has 4 bridgehead atoms. The minimum atomic E-state index is -2.80. The molecule has 1 aromatic heterocycles. The number of hydrogen-bond acceptors (Lipinski definition) is 17. The number of rotatable bonds is 10. The van der Waals surface area contributed by atoms with Crippen molar-refractivity contribution in [1.29, 1.82) is 0 Å². The van der Waals surface area contributed by atoms with Crippen LogP contribution in [0.3, 0.4) is 0 Å². The number of cyclic esters (lactones) is 1. The molecule has 8 aliphatic rings. The van der Waals surface area contributed by atoms with E-state index in [0.717, 1.165) is 0 Å². The molecule has 9 unspecified atom stereocenters. The van der Waals surface area contributed by atoms with Crippen LogP contribution in [0.4, 0.5) is 0 Å². The lowest BCUT2D eigenvalue weighted by Gasteiger charge is -2.79. The Bertz CT molecular complexity index is 2070. The Balaban J connectivity index is 1.41. The van der Waals surface area contributed by atoms with Gasteiger partial charge in [-0.25, -0.2) is 4.79 Å². The monoisotopic (exact) mass is 844 g/mol. The van der Waals surface area contributed by atoms with Crippen molar-refractivity contribution in [2.45, 2.75) is 171 Å². The molecule has 5 heterocycles. The molecular weight excluding hydrogens is 788 g/mol. The quantitative estimate of drug-likeness (QED) is 0.196. The van der Waals surface area contributed by atoms with E-state index in [1.807, 2.05) is 6.92 Å². The maximum atomic E-state index is 14.4. The second kappa shape index (κ2) is 12.1. The third-order valence-corrected chi connectivity index (χ3v) is 16.8. The van der Waals surface area contributed by atoms with E-state index in [4.69, 9.17) is 47.0 Å². The lowest BCUT2D eigenvalue weighted by atomic mass is 9.31. The Kier molecular flexibility index (Phi) is 8.41. The molecule has 0 radical (unpaired) electrons. The van der Waals surface area contributed by atoms with Gasteiger partial charge in [0.05, 0.1) is 44.0 Å².